The van der Waals surface area contributed by atoms with Gasteiger partial charge in [-0.3, -0.25) is 4.79 Å². The van der Waals surface area contributed by atoms with Crippen LogP contribution in [0.4, 0.5) is 0 Å². The Morgan fingerprint density at radius 2 is 1.94 bits per heavy atom. The molecule has 0 saturated heterocycles. The second-order valence-electron chi connectivity index (χ2n) is 5.25. The third kappa shape index (κ3) is 3.48. The van der Waals surface area contributed by atoms with Crippen LogP contribution >= 0.6 is 0 Å². The minimum absolute atomic E-state index is 0.0220. The van der Waals surface area contributed by atoms with Crippen LogP contribution in [0.1, 0.15) is 52.9 Å². The maximum absolute atomic E-state index is 11.9. The molecule has 0 aromatic carbocycles. The van der Waals surface area contributed by atoms with Crippen LogP contribution in [0.25, 0.3) is 0 Å². The lowest BCUT2D eigenvalue weighted by Gasteiger charge is -2.24. The molecule has 3 atom stereocenters. The van der Waals surface area contributed by atoms with Gasteiger partial charge in [0.2, 0.25) is 5.91 Å². The zero-order valence-corrected chi connectivity index (χ0v) is 10.8. The fraction of sp³-hybridized carbons (Fsp3) is 0.923. The van der Waals surface area contributed by atoms with Gasteiger partial charge in [0, 0.05) is 6.04 Å². The minimum atomic E-state index is -0.353. The van der Waals surface area contributed by atoms with Gasteiger partial charge in [0.15, 0.2) is 0 Å². The van der Waals surface area contributed by atoms with Crippen LogP contribution in [-0.4, -0.2) is 18.0 Å². The Balaban J connectivity index is 2.37. The first-order valence-corrected chi connectivity index (χ1v) is 6.62. The Hall–Kier alpha value is -0.570. The molecule has 1 aliphatic carbocycles. The second-order valence-corrected chi connectivity index (χ2v) is 5.25. The lowest BCUT2D eigenvalue weighted by Crippen LogP contribution is -2.49. The first kappa shape index (κ1) is 13.5. The topological polar surface area (TPSA) is 55.1 Å². The summed E-state index contributed by atoms with van der Waals surface area (Å²) in [6.45, 7) is 6.21. The highest BCUT2D eigenvalue weighted by Gasteiger charge is 2.26. The zero-order chi connectivity index (χ0) is 12.1. The molecule has 3 heteroatoms. The van der Waals surface area contributed by atoms with Gasteiger partial charge in [-0.05, 0) is 31.6 Å². The molecule has 1 unspecified atom stereocenters. The van der Waals surface area contributed by atoms with Crippen LogP contribution in [0, 0.1) is 11.8 Å². The predicted molar refractivity (Wildman–Crippen MR) is 67.0 cm³/mol. The number of nitrogens with two attached hydrogens (primary N) is 1. The highest BCUT2D eigenvalue weighted by molar-refractivity contribution is 5.82. The molecule has 1 amide bonds. The lowest BCUT2D eigenvalue weighted by molar-refractivity contribution is -0.124. The first-order valence-electron chi connectivity index (χ1n) is 6.62. The Kier molecular flexibility index (Phi) is 5.26. The highest BCUT2D eigenvalue weighted by Crippen LogP contribution is 2.27. The third-order valence-corrected chi connectivity index (χ3v) is 4.04. The van der Waals surface area contributed by atoms with E-state index in [1.165, 1.54) is 25.7 Å². The minimum Gasteiger partial charge on any atom is -0.352 e. The lowest BCUT2D eigenvalue weighted by atomic mass is 9.96. The molecule has 3 N–H and O–H groups in total. The van der Waals surface area contributed by atoms with E-state index < -0.39 is 0 Å². The van der Waals surface area contributed by atoms with Gasteiger partial charge >= 0.3 is 0 Å². The van der Waals surface area contributed by atoms with Gasteiger partial charge in [-0.2, -0.15) is 0 Å². The normalized spacial score (nSPS) is 22.8. The first-order chi connectivity index (χ1) is 7.56. The summed E-state index contributed by atoms with van der Waals surface area (Å²) in [7, 11) is 0. The Bertz CT molecular complexity index is 224. The van der Waals surface area contributed by atoms with E-state index in [1.807, 2.05) is 6.92 Å². The van der Waals surface area contributed by atoms with Crippen LogP contribution in [0.15, 0.2) is 0 Å². The smallest absolute Gasteiger partial charge is 0.237 e. The van der Waals surface area contributed by atoms with Gasteiger partial charge in [0.25, 0.3) is 0 Å². The van der Waals surface area contributed by atoms with Crippen molar-refractivity contribution in [2.24, 2.45) is 17.6 Å². The van der Waals surface area contributed by atoms with Crippen molar-refractivity contribution in [1.82, 2.24) is 5.32 Å². The predicted octanol–water partition coefficient (Wildman–Crippen LogP) is 2.05. The van der Waals surface area contributed by atoms with Gasteiger partial charge in [0.05, 0.1) is 6.04 Å². The number of hydrogen-bond acceptors (Lipinski definition) is 2. The average molecular weight is 226 g/mol. The fourth-order valence-electron chi connectivity index (χ4n) is 2.41. The van der Waals surface area contributed by atoms with Gasteiger partial charge in [0.1, 0.15) is 0 Å². The Morgan fingerprint density at radius 1 is 1.38 bits per heavy atom. The van der Waals surface area contributed by atoms with E-state index in [4.69, 9.17) is 5.73 Å². The molecule has 1 fully saturated rings. The third-order valence-electron chi connectivity index (χ3n) is 4.04. The van der Waals surface area contributed by atoms with Crippen molar-refractivity contribution in [1.29, 1.82) is 0 Å². The summed E-state index contributed by atoms with van der Waals surface area (Å²) in [6, 6.07) is -0.0704. The van der Waals surface area contributed by atoms with Crippen molar-refractivity contribution < 1.29 is 4.79 Å². The van der Waals surface area contributed by atoms with Crippen LogP contribution < -0.4 is 11.1 Å². The number of carbonyl (C=O) groups excluding carboxylic acids is 1. The summed E-state index contributed by atoms with van der Waals surface area (Å²) < 4.78 is 0. The Labute approximate surface area is 99.2 Å². The molecule has 0 aliphatic heterocycles. The van der Waals surface area contributed by atoms with Crippen molar-refractivity contribution in [2.75, 3.05) is 0 Å². The van der Waals surface area contributed by atoms with E-state index in [0.29, 0.717) is 5.92 Å². The van der Waals surface area contributed by atoms with Crippen molar-refractivity contribution in [2.45, 2.75) is 65.0 Å². The molecule has 94 valence electrons. The molecule has 16 heavy (non-hydrogen) atoms. The maximum Gasteiger partial charge on any atom is 0.237 e. The zero-order valence-electron chi connectivity index (χ0n) is 10.8. The van der Waals surface area contributed by atoms with Crippen molar-refractivity contribution in [3.05, 3.63) is 0 Å². The van der Waals surface area contributed by atoms with Crippen LogP contribution in [0.3, 0.4) is 0 Å². The Morgan fingerprint density at radius 3 is 2.44 bits per heavy atom. The summed E-state index contributed by atoms with van der Waals surface area (Å²) in [4.78, 5) is 11.9. The number of amides is 1. The average Bonchev–Trinajstić information content (AvgIpc) is 2.80. The van der Waals surface area contributed by atoms with Crippen LogP contribution in [-0.2, 0) is 4.79 Å². The molecule has 3 nitrogen and oxygen atoms in total. The second kappa shape index (κ2) is 6.24. The van der Waals surface area contributed by atoms with Crippen LogP contribution in [0.5, 0.6) is 0 Å². The number of rotatable bonds is 5. The van der Waals surface area contributed by atoms with Gasteiger partial charge in [-0.15, -0.1) is 0 Å². The molecule has 1 aliphatic rings. The molecule has 0 aromatic rings. The quantitative estimate of drug-likeness (QED) is 0.754. The molecule has 1 rings (SSSR count). The molecule has 0 spiro atoms. The maximum atomic E-state index is 11.9. The monoisotopic (exact) mass is 226 g/mol. The summed E-state index contributed by atoms with van der Waals surface area (Å²) in [5.41, 5.74) is 5.91. The molecule has 1 saturated carbocycles. The van der Waals surface area contributed by atoms with Gasteiger partial charge in [-0.25, -0.2) is 0 Å². The van der Waals surface area contributed by atoms with E-state index in [1.54, 1.807) is 0 Å². The number of nitrogens with one attached hydrogen (secondary N) is 1. The molecule has 0 heterocycles. The SMILES string of the molecule is CCC(C)[C@H](N)C(=O)N[C@@H](C)C1CCCC1. The van der Waals surface area contributed by atoms with E-state index in [2.05, 4.69) is 19.2 Å². The van der Waals surface area contributed by atoms with Crippen LogP contribution in [0.2, 0.25) is 0 Å². The molecular weight excluding hydrogens is 200 g/mol. The van der Waals surface area contributed by atoms with E-state index >= 15 is 0 Å². The largest absolute Gasteiger partial charge is 0.352 e. The highest BCUT2D eigenvalue weighted by atomic mass is 16.2. The van der Waals surface area contributed by atoms with E-state index in [-0.39, 0.29) is 23.9 Å². The van der Waals surface area contributed by atoms with E-state index in [0.717, 1.165) is 6.42 Å². The summed E-state index contributed by atoms with van der Waals surface area (Å²) in [5, 5.41) is 3.07. The molecule has 0 bridgehead atoms. The standard InChI is InChI=1S/C13H26N2O/c1-4-9(2)12(14)13(16)15-10(3)11-7-5-6-8-11/h9-12H,4-8,14H2,1-3H3,(H,15,16)/t9?,10-,12-/m0/s1. The molecule has 0 radical (unpaired) electrons. The van der Waals surface area contributed by atoms with Gasteiger partial charge in [-0.1, -0.05) is 33.1 Å². The molecule has 0 aromatic heterocycles. The fourth-order valence-corrected chi connectivity index (χ4v) is 2.41. The molecular formula is C13H26N2O. The summed E-state index contributed by atoms with van der Waals surface area (Å²) >= 11 is 0. The number of carbonyl (C=O) groups is 1. The summed E-state index contributed by atoms with van der Waals surface area (Å²) in [6.07, 6.45) is 6.07. The van der Waals surface area contributed by atoms with Crippen molar-refractivity contribution in [3.63, 3.8) is 0 Å². The summed E-state index contributed by atoms with van der Waals surface area (Å²) in [5.74, 6) is 0.942. The number of hydrogen-bond donors (Lipinski definition) is 2. The van der Waals surface area contributed by atoms with Gasteiger partial charge < -0.3 is 11.1 Å². The van der Waals surface area contributed by atoms with E-state index in [9.17, 15) is 4.79 Å². The van der Waals surface area contributed by atoms with Crippen molar-refractivity contribution >= 4 is 5.91 Å². The van der Waals surface area contributed by atoms with Crippen molar-refractivity contribution in [3.8, 4) is 0 Å².